The molecule has 1 aromatic heterocycles. The number of halogens is 3. The summed E-state index contributed by atoms with van der Waals surface area (Å²) in [5, 5.41) is 5.40. The second-order valence-electron chi connectivity index (χ2n) is 4.72. The number of carbonyl (C=O) groups excluding carboxylic acids is 2. The molecule has 0 radical (unpaired) electrons. The minimum absolute atomic E-state index is 0.0664. The third-order valence-corrected chi connectivity index (χ3v) is 3.27. The van der Waals surface area contributed by atoms with Crippen LogP contribution in [0.3, 0.4) is 0 Å². The zero-order valence-electron chi connectivity index (χ0n) is 13.0. The Balaban J connectivity index is 2.11. The van der Waals surface area contributed by atoms with E-state index in [0.717, 1.165) is 12.1 Å². The maximum Gasteiger partial charge on any atom is 0.412 e. The van der Waals surface area contributed by atoms with E-state index in [2.05, 4.69) is 5.10 Å². The van der Waals surface area contributed by atoms with Crippen molar-refractivity contribution in [3.05, 3.63) is 47.2 Å². The Bertz CT molecular complexity index is 755. The van der Waals surface area contributed by atoms with Gasteiger partial charge in [-0.15, -0.1) is 0 Å². The van der Waals surface area contributed by atoms with E-state index in [1.54, 1.807) is 19.2 Å². The molecule has 1 aromatic carbocycles. The summed E-state index contributed by atoms with van der Waals surface area (Å²) in [5.74, 6) is -3.02. The predicted molar refractivity (Wildman–Crippen MR) is 84.1 cm³/mol. The van der Waals surface area contributed by atoms with Crippen LogP contribution in [0.1, 0.15) is 6.92 Å². The van der Waals surface area contributed by atoms with E-state index in [-0.39, 0.29) is 18.2 Å². The zero-order chi connectivity index (χ0) is 18.4. The number of carbonyl (C=O) groups is 2. The number of aromatic nitrogens is 2. The lowest BCUT2D eigenvalue weighted by Crippen LogP contribution is -2.35. The highest BCUT2D eigenvalue weighted by Crippen LogP contribution is 2.25. The van der Waals surface area contributed by atoms with Gasteiger partial charge >= 0.3 is 12.1 Å². The molecule has 2 aromatic rings. The van der Waals surface area contributed by atoms with Crippen molar-refractivity contribution in [3.8, 4) is 0 Å². The number of amides is 1. The number of ether oxygens (including phenoxy) is 2. The Morgan fingerprint density at radius 1 is 1.40 bits per heavy atom. The van der Waals surface area contributed by atoms with Crippen LogP contribution in [-0.2, 0) is 20.8 Å². The third kappa shape index (κ3) is 4.90. The summed E-state index contributed by atoms with van der Waals surface area (Å²) in [6, 6.07) is 3.49. The Morgan fingerprint density at radius 2 is 2.16 bits per heavy atom. The van der Waals surface area contributed by atoms with Gasteiger partial charge in [0, 0.05) is 12.4 Å². The number of esters is 1. The lowest BCUT2D eigenvalue weighted by molar-refractivity contribution is -0.153. The molecule has 10 heteroatoms. The minimum Gasteiger partial charge on any atom is -0.463 e. The summed E-state index contributed by atoms with van der Waals surface area (Å²) in [5.41, 5.74) is -0.779. The summed E-state index contributed by atoms with van der Waals surface area (Å²) in [4.78, 5) is 23.8. The molecule has 1 amide bonds. The van der Waals surface area contributed by atoms with E-state index in [1.165, 1.54) is 10.9 Å². The Labute approximate surface area is 146 Å². The zero-order valence-corrected chi connectivity index (χ0v) is 13.8. The smallest absolute Gasteiger partial charge is 0.412 e. The van der Waals surface area contributed by atoms with Crippen LogP contribution < -0.4 is 5.32 Å². The maximum atomic E-state index is 13.8. The number of nitrogens with one attached hydrogen (secondary N) is 1. The normalized spacial score (nSPS) is 11.7. The monoisotopic (exact) mass is 373 g/mol. The number of nitrogens with zero attached hydrogens (tertiary/aromatic N) is 2. The van der Waals surface area contributed by atoms with Crippen molar-refractivity contribution in [2.75, 3.05) is 11.9 Å². The van der Waals surface area contributed by atoms with Gasteiger partial charge in [0.2, 0.25) is 6.10 Å². The first-order valence-corrected chi connectivity index (χ1v) is 7.55. The molecule has 1 unspecified atom stereocenters. The van der Waals surface area contributed by atoms with E-state index in [9.17, 15) is 18.4 Å². The Kier molecular flexibility index (Phi) is 6.29. The van der Waals surface area contributed by atoms with Gasteiger partial charge in [-0.05, 0) is 25.1 Å². The molecule has 0 aliphatic carbocycles. The molecular formula is C15H14ClF2N3O4. The van der Waals surface area contributed by atoms with Gasteiger partial charge in [-0.3, -0.25) is 10.00 Å². The second kappa shape index (κ2) is 8.43. The van der Waals surface area contributed by atoms with Gasteiger partial charge in [0.05, 0.1) is 18.2 Å². The number of rotatable bonds is 6. The first-order valence-electron chi connectivity index (χ1n) is 7.17. The van der Waals surface area contributed by atoms with E-state index >= 15 is 0 Å². The third-order valence-electron chi connectivity index (χ3n) is 2.98. The van der Waals surface area contributed by atoms with Crippen molar-refractivity contribution < 1.29 is 27.8 Å². The van der Waals surface area contributed by atoms with E-state index < -0.39 is 35.5 Å². The van der Waals surface area contributed by atoms with Gasteiger partial charge in [0.1, 0.15) is 11.5 Å². The summed E-state index contributed by atoms with van der Waals surface area (Å²) in [7, 11) is 0. The molecule has 0 saturated heterocycles. The number of hydrogen-bond donors (Lipinski definition) is 1. The number of benzene rings is 1. The van der Waals surface area contributed by atoms with Crippen LogP contribution in [0.5, 0.6) is 0 Å². The molecule has 0 aliphatic heterocycles. The minimum atomic E-state index is -1.36. The first-order chi connectivity index (χ1) is 11.9. The summed E-state index contributed by atoms with van der Waals surface area (Å²) in [6.07, 6.45) is 0.415. The van der Waals surface area contributed by atoms with Crippen LogP contribution in [0.15, 0.2) is 30.6 Å². The molecule has 0 aliphatic rings. The van der Waals surface area contributed by atoms with E-state index in [0.29, 0.717) is 0 Å². The van der Waals surface area contributed by atoms with Gasteiger partial charge < -0.3 is 9.47 Å². The Morgan fingerprint density at radius 3 is 2.80 bits per heavy atom. The van der Waals surface area contributed by atoms with Crippen LogP contribution in [0.25, 0.3) is 0 Å². The number of anilines is 1. The molecule has 25 heavy (non-hydrogen) atoms. The Hall–Kier alpha value is -2.68. The van der Waals surface area contributed by atoms with Crippen molar-refractivity contribution in [3.63, 3.8) is 0 Å². The van der Waals surface area contributed by atoms with Crippen molar-refractivity contribution in [2.45, 2.75) is 19.6 Å². The molecule has 1 heterocycles. The molecule has 1 atom stereocenters. The van der Waals surface area contributed by atoms with Gasteiger partial charge in [-0.25, -0.2) is 18.4 Å². The predicted octanol–water partition coefficient (Wildman–Crippen LogP) is 3.00. The average Bonchev–Trinajstić information content (AvgIpc) is 3.08. The average molecular weight is 374 g/mol. The molecular weight excluding hydrogens is 360 g/mol. The van der Waals surface area contributed by atoms with Crippen LogP contribution in [-0.4, -0.2) is 34.6 Å². The molecule has 7 nitrogen and oxygen atoms in total. The topological polar surface area (TPSA) is 82.5 Å². The highest BCUT2D eigenvalue weighted by atomic mass is 35.5. The molecule has 134 valence electrons. The fraction of sp³-hybridized carbons (Fsp3) is 0.267. The SMILES string of the molecule is CCOC(=O)C(Cn1cccn1)OC(=O)Nc1c(F)ccc(Cl)c1F. The molecule has 0 spiro atoms. The quantitative estimate of drug-likeness (QED) is 0.621. The van der Waals surface area contributed by atoms with Crippen molar-refractivity contribution in [1.82, 2.24) is 9.78 Å². The van der Waals surface area contributed by atoms with Crippen molar-refractivity contribution in [1.29, 1.82) is 0 Å². The summed E-state index contributed by atoms with van der Waals surface area (Å²) in [6.45, 7) is 1.52. The van der Waals surface area contributed by atoms with Crippen LogP contribution >= 0.6 is 11.6 Å². The van der Waals surface area contributed by atoms with E-state index in [1.807, 2.05) is 5.32 Å². The van der Waals surface area contributed by atoms with Crippen molar-refractivity contribution >= 4 is 29.4 Å². The first kappa shape index (κ1) is 18.7. The van der Waals surface area contributed by atoms with Gasteiger partial charge in [0.15, 0.2) is 5.82 Å². The highest BCUT2D eigenvalue weighted by molar-refractivity contribution is 6.31. The standard InChI is InChI=1S/C15H14ClF2N3O4/c1-2-24-14(22)11(8-21-7-3-6-19-21)25-15(23)20-13-10(17)5-4-9(16)12(13)18/h3-7,11H,2,8H2,1H3,(H,20,23). The largest absolute Gasteiger partial charge is 0.463 e. The van der Waals surface area contributed by atoms with Gasteiger partial charge in [0.25, 0.3) is 0 Å². The second-order valence-corrected chi connectivity index (χ2v) is 5.12. The molecule has 0 fully saturated rings. The highest BCUT2D eigenvalue weighted by Gasteiger charge is 2.26. The van der Waals surface area contributed by atoms with Crippen LogP contribution in [0, 0.1) is 11.6 Å². The van der Waals surface area contributed by atoms with Crippen LogP contribution in [0.4, 0.5) is 19.3 Å². The van der Waals surface area contributed by atoms with Crippen molar-refractivity contribution in [2.24, 2.45) is 0 Å². The van der Waals surface area contributed by atoms with Gasteiger partial charge in [-0.1, -0.05) is 11.6 Å². The molecule has 2 rings (SSSR count). The molecule has 0 saturated carbocycles. The van der Waals surface area contributed by atoms with Crippen LogP contribution in [0.2, 0.25) is 5.02 Å². The maximum absolute atomic E-state index is 13.8. The molecule has 0 bridgehead atoms. The fourth-order valence-electron chi connectivity index (χ4n) is 1.88. The molecule has 1 N–H and O–H groups in total. The lowest BCUT2D eigenvalue weighted by Gasteiger charge is -2.17. The number of hydrogen-bond acceptors (Lipinski definition) is 5. The summed E-state index contributed by atoms with van der Waals surface area (Å²) < 4.78 is 38.5. The fourth-order valence-corrected chi connectivity index (χ4v) is 2.03. The lowest BCUT2D eigenvalue weighted by atomic mass is 10.3. The van der Waals surface area contributed by atoms with E-state index in [4.69, 9.17) is 21.1 Å². The summed E-state index contributed by atoms with van der Waals surface area (Å²) >= 11 is 5.54. The van der Waals surface area contributed by atoms with Gasteiger partial charge in [-0.2, -0.15) is 5.10 Å².